The van der Waals surface area contributed by atoms with E-state index < -0.39 is 0 Å². The fraction of sp³-hybridized carbons (Fsp3) is 0.562. The standard InChI is InChI=1S/C16H25N3/c1-13-6-9-19(10-7-13)15-5-8-17-11-14(15)12-18-16(2,3)4/h5-6,8,11,18H,7,9-10,12H2,1-4H3. The monoisotopic (exact) mass is 259 g/mol. The Hall–Kier alpha value is -1.35. The van der Waals surface area contributed by atoms with Crippen LogP contribution < -0.4 is 10.2 Å². The number of pyridine rings is 1. The zero-order chi connectivity index (χ0) is 13.9. The second-order valence-electron chi connectivity index (χ2n) is 6.35. The lowest BCUT2D eigenvalue weighted by molar-refractivity contribution is 0.424. The summed E-state index contributed by atoms with van der Waals surface area (Å²) in [4.78, 5) is 6.71. The Morgan fingerprint density at radius 3 is 2.79 bits per heavy atom. The second-order valence-corrected chi connectivity index (χ2v) is 6.35. The number of hydrogen-bond acceptors (Lipinski definition) is 3. The summed E-state index contributed by atoms with van der Waals surface area (Å²) in [5.41, 5.74) is 4.23. The van der Waals surface area contributed by atoms with E-state index in [4.69, 9.17) is 0 Å². The summed E-state index contributed by atoms with van der Waals surface area (Å²) in [5, 5.41) is 3.54. The highest BCUT2D eigenvalue weighted by Gasteiger charge is 2.15. The van der Waals surface area contributed by atoms with E-state index in [1.54, 1.807) is 0 Å². The maximum Gasteiger partial charge on any atom is 0.0445 e. The van der Waals surface area contributed by atoms with E-state index in [9.17, 15) is 0 Å². The van der Waals surface area contributed by atoms with Crippen LogP contribution >= 0.6 is 0 Å². The molecule has 1 aromatic heterocycles. The Kier molecular flexibility index (Phi) is 4.25. The van der Waals surface area contributed by atoms with E-state index in [1.165, 1.54) is 16.8 Å². The molecule has 0 aromatic carbocycles. The zero-order valence-electron chi connectivity index (χ0n) is 12.5. The molecule has 2 heterocycles. The van der Waals surface area contributed by atoms with Crippen LogP contribution in [0.3, 0.4) is 0 Å². The third kappa shape index (κ3) is 4.06. The van der Waals surface area contributed by atoms with E-state index in [0.717, 1.165) is 26.1 Å². The normalized spacial score (nSPS) is 16.4. The topological polar surface area (TPSA) is 28.2 Å². The Balaban J connectivity index is 2.12. The molecular formula is C16H25N3. The van der Waals surface area contributed by atoms with Gasteiger partial charge in [0.25, 0.3) is 0 Å². The number of nitrogens with one attached hydrogen (secondary N) is 1. The third-order valence-electron chi connectivity index (χ3n) is 3.46. The highest BCUT2D eigenvalue weighted by atomic mass is 15.1. The van der Waals surface area contributed by atoms with Crippen LogP contribution in [0.5, 0.6) is 0 Å². The van der Waals surface area contributed by atoms with Crippen LogP contribution in [-0.4, -0.2) is 23.6 Å². The van der Waals surface area contributed by atoms with Crippen molar-refractivity contribution in [1.82, 2.24) is 10.3 Å². The number of hydrogen-bond donors (Lipinski definition) is 1. The quantitative estimate of drug-likeness (QED) is 0.845. The van der Waals surface area contributed by atoms with Gasteiger partial charge in [0, 0.05) is 48.8 Å². The zero-order valence-corrected chi connectivity index (χ0v) is 12.5. The van der Waals surface area contributed by atoms with Crippen LogP contribution in [0.2, 0.25) is 0 Å². The molecule has 1 N–H and O–H groups in total. The minimum atomic E-state index is 0.130. The van der Waals surface area contributed by atoms with Crippen molar-refractivity contribution in [3.63, 3.8) is 0 Å². The van der Waals surface area contributed by atoms with Gasteiger partial charge in [-0.1, -0.05) is 11.6 Å². The van der Waals surface area contributed by atoms with Crippen molar-refractivity contribution in [2.75, 3.05) is 18.0 Å². The first-order chi connectivity index (χ1) is 8.96. The average molecular weight is 259 g/mol. The SMILES string of the molecule is CC1=CCN(c2ccncc2CNC(C)(C)C)CC1. The minimum Gasteiger partial charge on any atom is -0.367 e. The van der Waals surface area contributed by atoms with Gasteiger partial charge in [0.1, 0.15) is 0 Å². The molecule has 0 saturated heterocycles. The molecule has 0 aliphatic carbocycles. The lowest BCUT2D eigenvalue weighted by Gasteiger charge is -2.30. The van der Waals surface area contributed by atoms with Crippen LogP contribution in [0.15, 0.2) is 30.1 Å². The Bertz CT molecular complexity index is 457. The molecule has 1 aliphatic heterocycles. The molecule has 19 heavy (non-hydrogen) atoms. The van der Waals surface area contributed by atoms with Crippen LogP contribution in [0.25, 0.3) is 0 Å². The number of rotatable bonds is 3. The lowest BCUT2D eigenvalue weighted by Crippen LogP contribution is -2.36. The fourth-order valence-corrected chi connectivity index (χ4v) is 2.21. The first kappa shape index (κ1) is 14.1. The first-order valence-electron chi connectivity index (χ1n) is 7.04. The smallest absolute Gasteiger partial charge is 0.0445 e. The van der Waals surface area contributed by atoms with Crippen molar-refractivity contribution in [3.8, 4) is 0 Å². The van der Waals surface area contributed by atoms with Crippen LogP contribution in [0, 0.1) is 0 Å². The molecule has 3 nitrogen and oxygen atoms in total. The van der Waals surface area contributed by atoms with E-state index in [-0.39, 0.29) is 5.54 Å². The summed E-state index contributed by atoms with van der Waals surface area (Å²) in [6.07, 6.45) is 7.36. The average Bonchev–Trinajstić information content (AvgIpc) is 2.37. The molecule has 0 atom stereocenters. The molecule has 0 saturated carbocycles. The number of nitrogens with zero attached hydrogens (tertiary/aromatic N) is 2. The van der Waals surface area contributed by atoms with Gasteiger partial charge < -0.3 is 10.2 Å². The number of aromatic nitrogens is 1. The van der Waals surface area contributed by atoms with Gasteiger partial charge in [-0.3, -0.25) is 4.98 Å². The molecule has 0 bridgehead atoms. The van der Waals surface area contributed by atoms with Crippen LogP contribution in [0.1, 0.15) is 39.7 Å². The van der Waals surface area contributed by atoms with Crippen molar-refractivity contribution in [2.24, 2.45) is 0 Å². The van der Waals surface area contributed by atoms with Crippen LogP contribution in [0.4, 0.5) is 5.69 Å². The summed E-state index contributed by atoms with van der Waals surface area (Å²) < 4.78 is 0. The molecule has 1 aliphatic rings. The lowest BCUT2D eigenvalue weighted by atomic mass is 10.1. The fourth-order valence-electron chi connectivity index (χ4n) is 2.21. The Morgan fingerprint density at radius 1 is 1.37 bits per heavy atom. The number of anilines is 1. The Labute approximate surface area is 116 Å². The van der Waals surface area contributed by atoms with Gasteiger partial charge in [-0.2, -0.15) is 0 Å². The molecule has 0 unspecified atom stereocenters. The maximum atomic E-state index is 4.27. The van der Waals surface area contributed by atoms with E-state index in [2.05, 4.69) is 55.0 Å². The second kappa shape index (κ2) is 5.74. The van der Waals surface area contributed by atoms with Gasteiger partial charge in [0.05, 0.1) is 0 Å². The van der Waals surface area contributed by atoms with Gasteiger partial charge in [-0.05, 0) is 40.2 Å². The summed E-state index contributed by atoms with van der Waals surface area (Å²) in [7, 11) is 0. The summed E-state index contributed by atoms with van der Waals surface area (Å²) in [6, 6.07) is 2.13. The molecular weight excluding hydrogens is 234 g/mol. The molecule has 0 radical (unpaired) electrons. The van der Waals surface area contributed by atoms with Crippen LogP contribution in [-0.2, 0) is 6.54 Å². The van der Waals surface area contributed by atoms with E-state index in [1.807, 2.05) is 12.4 Å². The van der Waals surface area contributed by atoms with E-state index in [0.29, 0.717) is 0 Å². The third-order valence-corrected chi connectivity index (χ3v) is 3.46. The molecule has 3 heteroatoms. The van der Waals surface area contributed by atoms with Crippen molar-refractivity contribution < 1.29 is 0 Å². The van der Waals surface area contributed by atoms with Crippen molar-refractivity contribution >= 4 is 5.69 Å². The van der Waals surface area contributed by atoms with Crippen molar-refractivity contribution in [2.45, 2.75) is 46.2 Å². The van der Waals surface area contributed by atoms with Gasteiger partial charge in [0.2, 0.25) is 0 Å². The summed E-state index contributed by atoms with van der Waals surface area (Å²) in [6.45, 7) is 11.8. The molecule has 1 aromatic rings. The first-order valence-corrected chi connectivity index (χ1v) is 7.04. The maximum absolute atomic E-state index is 4.27. The highest BCUT2D eigenvalue weighted by Crippen LogP contribution is 2.23. The molecule has 2 rings (SSSR count). The van der Waals surface area contributed by atoms with Crippen molar-refractivity contribution in [1.29, 1.82) is 0 Å². The predicted molar refractivity (Wildman–Crippen MR) is 81.4 cm³/mol. The molecule has 0 fully saturated rings. The molecule has 0 spiro atoms. The van der Waals surface area contributed by atoms with Gasteiger partial charge in [0.15, 0.2) is 0 Å². The van der Waals surface area contributed by atoms with Gasteiger partial charge in [-0.15, -0.1) is 0 Å². The highest BCUT2D eigenvalue weighted by molar-refractivity contribution is 5.53. The molecule has 0 amide bonds. The summed E-state index contributed by atoms with van der Waals surface area (Å²) >= 11 is 0. The van der Waals surface area contributed by atoms with Crippen molar-refractivity contribution in [3.05, 3.63) is 35.7 Å². The predicted octanol–water partition coefficient (Wildman–Crippen LogP) is 3.13. The minimum absolute atomic E-state index is 0.130. The van der Waals surface area contributed by atoms with Gasteiger partial charge >= 0.3 is 0 Å². The summed E-state index contributed by atoms with van der Waals surface area (Å²) in [5.74, 6) is 0. The van der Waals surface area contributed by atoms with E-state index >= 15 is 0 Å². The van der Waals surface area contributed by atoms with Gasteiger partial charge in [-0.25, -0.2) is 0 Å². The largest absolute Gasteiger partial charge is 0.367 e. The molecule has 104 valence electrons. The Morgan fingerprint density at radius 2 is 2.16 bits per heavy atom.